The van der Waals surface area contributed by atoms with Crippen molar-refractivity contribution in [1.82, 2.24) is 15.1 Å². The van der Waals surface area contributed by atoms with Crippen molar-refractivity contribution in [3.8, 4) is 0 Å². The summed E-state index contributed by atoms with van der Waals surface area (Å²) in [6.45, 7) is 6.74. The molecule has 0 spiro atoms. The number of hydrogen-bond donors (Lipinski definition) is 2. The highest BCUT2D eigenvalue weighted by Crippen LogP contribution is 2.16. The smallest absolute Gasteiger partial charge is 0.317 e. The summed E-state index contributed by atoms with van der Waals surface area (Å²) >= 11 is 0. The Kier molecular flexibility index (Phi) is 6.81. The fraction of sp³-hybridized carbons (Fsp3) is 0.588. The standard InChI is InChI=1S/C17H27FN4O2/c1-14(13-23)20(2)17(24)19-7-8-21-9-11-22(12-10-21)16-5-3-15(18)4-6-16/h3-6,14,23H,7-13H2,1-2H3,(H,19,24). The van der Waals surface area contributed by atoms with Crippen molar-refractivity contribution in [3.05, 3.63) is 30.1 Å². The molecule has 1 aliphatic heterocycles. The lowest BCUT2D eigenvalue weighted by molar-refractivity contribution is 0.156. The second-order valence-electron chi connectivity index (χ2n) is 6.18. The van der Waals surface area contributed by atoms with Crippen molar-refractivity contribution in [2.75, 3.05) is 57.8 Å². The number of benzene rings is 1. The van der Waals surface area contributed by atoms with Gasteiger partial charge >= 0.3 is 6.03 Å². The van der Waals surface area contributed by atoms with Crippen LogP contribution in [0.15, 0.2) is 24.3 Å². The average molecular weight is 338 g/mol. The van der Waals surface area contributed by atoms with Crippen LogP contribution in [0.25, 0.3) is 0 Å². The molecule has 7 heteroatoms. The first-order valence-corrected chi connectivity index (χ1v) is 8.35. The highest BCUT2D eigenvalue weighted by atomic mass is 19.1. The highest BCUT2D eigenvalue weighted by Gasteiger charge is 2.18. The fourth-order valence-electron chi connectivity index (χ4n) is 2.65. The van der Waals surface area contributed by atoms with Crippen molar-refractivity contribution >= 4 is 11.7 Å². The highest BCUT2D eigenvalue weighted by molar-refractivity contribution is 5.74. The Balaban J connectivity index is 1.68. The second-order valence-corrected chi connectivity index (χ2v) is 6.18. The van der Waals surface area contributed by atoms with E-state index in [0.29, 0.717) is 6.54 Å². The Labute approximate surface area is 142 Å². The van der Waals surface area contributed by atoms with Gasteiger partial charge in [-0.2, -0.15) is 0 Å². The van der Waals surface area contributed by atoms with Crippen LogP contribution >= 0.6 is 0 Å². The third-order valence-electron chi connectivity index (χ3n) is 4.51. The Morgan fingerprint density at radius 3 is 2.50 bits per heavy atom. The monoisotopic (exact) mass is 338 g/mol. The van der Waals surface area contributed by atoms with E-state index in [-0.39, 0.29) is 24.5 Å². The molecule has 1 aromatic rings. The normalized spacial score (nSPS) is 16.8. The maximum absolute atomic E-state index is 13.0. The summed E-state index contributed by atoms with van der Waals surface area (Å²) in [5.41, 5.74) is 1.05. The third kappa shape index (κ3) is 5.07. The van der Waals surface area contributed by atoms with Gasteiger partial charge in [0.25, 0.3) is 0 Å². The van der Waals surface area contributed by atoms with Gasteiger partial charge < -0.3 is 20.2 Å². The molecule has 1 saturated heterocycles. The Morgan fingerprint density at radius 1 is 1.29 bits per heavy atom. The summed E-state index contributed by atoms with van der Waals surface area (Å²) in [5, 5.41) is 11.9. The van der Waals surface area contributed by atoms with E-state index in [0.717, 1.165) is 38.4 Å². The van der Waals surface area contributed by atoms with Crippen LogP contribution in [0.2, 0.25) is 0 Å². The number of aliphatic hydroxyl groups excluding tert-OH is 1. The molecule has 1 aromatic carbocycles. The summed E-state index contributed by atoms with van der Waals surface area (Å²) in [7, 11) is 1.68. The maximum Gasteiger partial charge on any atom is 0.317 e. The van der Waals surface area contributed by atoms with Gasteiger partial charge in [-0.05, 0) is 31.2 Å². The van der Waals surface area contributed by atoms with Crippen LogP contribution in [0.1, 0.15) is 6.92 Å². The largest absolute Gasteiger partial charge is 0.394 e. The number of likely N-dealkylation sites (N-methyl/N-ethyl adjacent to an activating group) is 1. The Bertz CT molecular complexity index is 518. The molecule has 24 heavy (non-hydrogen) atoms. The van der Waals surface area contributed by atoms with Gasteiger partial charge in [0, 0.05) is 52.0 Å². The molecule has 1 unspecified atom stereocenters. The second kappa shape index (κ2) is 8.84. The first-order valence-electron chi connectivity index (χ1n) is 8.35. The number of rotatable bonds is 6. The lowest BCUT2D eigenvalue weighted by atomic mass is 10.2. The van der Waals surface area contributed by atoms with Gasteiger partial charge in [-0.3, -0.25) is 4.90 Å². The van der Waals surface area contributed by atoms with Gasteiger partial charge in [0.05, 0.1) is 12.6 Å². The quantitative estimate of drug-likeness (QED) is 0.812. The summed E-state index contributed by atoms with van der Waals surface area (Å²) < 4.78 is 13.0. The summed E-state index contributed by atoms with van der Waals surface area (Å²) in [5.74, 6) is -0.214. The van der Waals surface area contributed by atoms with Gasteiger partial charge in [0.2, 0.25) is 0 Å². The molecule has 0 aromatic heterocycles. The van der Waals surface area contributed by atoms with Crippen LogP contribution in [0.3, 0.4) is 0 Å². The van der Waals surface area contributed by atoms with E-state index in [9.17, 15) is 9.18 Å². The van der Waals surface area contributed by atoms with Crippen molar-refractivity contribution in [2.24, 2.45) is 0 Å². The molecule has 1 aliphatic rings. The predicted molar refractivity (Wildman–Crippen MR) is 92.8 cm³/mol. The molecule has 2 N–H and O–H groups in total. The molecule has 0 radical (unpaired) electrons. The number of carbonyl (C=O) groups is 1. The average Bonchev–Trinajstić information content (AvgIpc) is 2.61. The molecule has 0 bridgehead atoms. The number of nitrogens with zero attached hydrogens (tertiary/aromatic N) is 3. The number of anilines is 1. The SMILES string of the molecule is CC(CO)N(C)C(=O)NCCN1CCN(c2ccc(F)cc2)CC1. The zero-order valence-corrected chi connectivity index (χ0v) is 14.4. The molecule has 1 heterocycles. The molecular formula is C17H27FN4O2. The van der Waals surface area contributed by atoms with E-state index in [2.05, 4.69) is 15.1 Å². The van der Waals surface area contributed by atoms with Crippen LogP contribution in [0.4, 0.5) is 14.9 Å². The van der Waals surface area contributed by atoms with Crippen LogP contribution in [0.5, 0.6) is 0 Å². The molecule has 2 amide bonds. The van der Waals surface area contributed by atoms with Crippen LogP contribution < -0.4 is 10.2 Å². The molecule has 6 nitrogen and oxygen atoms in total. The van der Waals surface area contributed by atoms with Crippen molar-refractivity contribution in [1.29, 1.82) is 0 Å². The fourth-order valence-corrected chi connectivity index (χ4v) is 2.65. The number of piperazine rings is 1. The van der Waals surface area contributed by atoms with E-state index in [1.165, 1.54) is 17.0 Å². The zero-order valence-electron chi connectivity index (χ0n) is 14.4. The molecular weight excluding hydrogens is 311 g/mol. The number of nitrogens with one attached hydrogen (secondary N) is 1. The number of hydrogen-bond acceptors (Lipinski definition) is 4. The summed E-state index contributed by atoms with van der Waals surface area (Å²) in [6.07, 6.45) is 0. The molecule has 2 rings (SSSR count). The van der Waals surface area contributed by atoms with Gasteiger partial charge in [0.15, 0.2) is 0 Å². The number of amides is 2. The van der Waals surface area contributed by atoms with Crippen LogP contribution in [-0.2, 0) is 0 Å². The van der Waals surface area contributed by atoms with Gasteiger partial charge in [0.1, 0.15) is 5.82 Å². The predicted octanol–water partition coefficient (Wildman–Crippen LogP) is 0.970. The minimum absolute atomic E-state index is 0.0464. The van der Waals surface area contributed by atoms with Crippen molar-refractivity contribution in [3.63, 3.8) is 0 Å². The Morgan fingerprint density at radius 2 is 1.92 bits per heavy atom. The first-order chi connectivity index (χ1) is 11.5. The van der Waals surface area contributed by atoms with E-state index in [4.69, 9.17) is 5.11 Å². The topological polar surface area (TPSA) is 59.1 Å². The van der Waals surface area contributed by atoms with E-state index < -0.39 is 0 Å². The minimum Gasteiger partial charge on any atom is -0.394 e. The van der Waals surface area contributed by atoms with Crippen LogP contribution in [-0.4, -0.2) is 79.9 Å². The number of aliphatic hydroxyl groups is 1. The van der Waals surface area contributed by atoms with Crippen LogP contribution in [0, 0.1) is 5.82 Å². The van der Waals surface area contributed by atoms with Gasteiger partial charge in [-0.1, -0.05) is 0 Å². The van der Waals surface area contributed by atoms with Gasteiger partial charge in [-0.25, -0.2) is 9.18 Å². The minimum atomic E-state index is -0.214. The lowest BCUT2D eigenvalue weighted by Crippen LogP contribution is -2.50. The summed E-state index contributed by atoms with van der Waals surface area (Å²) in [6, 6.07) is 6.24. The number of halogens is 1. The molecule has 0 aliphatic carbocycles. The van der Waals surface area contributed by atoms with E-state index in [1.54, 1.807) is 14.0 Å². The number of carbonyl (C=O) groups excluding carboxylic acids is 1. The van der Waals surface area contributed by atoms with Crippen molar-refractivity contribution < 1.29 is 14.3 Å². The van der Waals surface area contributed by atoms with E-state index >= 15 is 0 Å². The maximum atomic E-state index is 13.0. The Hall–Kier alpha value is -1.86. The van der Waals surface area contributed by atoms with Crippen molar-refractivity contribution in [2.45, 2.75) is 13.0 Å². The molecule has 0 saturated carbocycles. The first kappa shape index (κ1) is 18.5. The third-order valence-corrected chi connectivity index (χ3v) is 4.51. The van der Waals surface area contributed by atoms with E-state index in [1.807, 2.05) is 12.1 Å². The number of urea groups is 1. The lowest BCUT2D eigenvalue weighted by Gasteiger charge is -2.36. The molecule has 1 atom stereocenters. The zero-order chi connectivity index (χ0) is 17.5. The summed E-state index contributed by atoms with van der Waals surface area (Å²) in [4.78, 5) is 17.9. The van der Waals surface area contributed by atoms with Gasteiger partial charge in [-0.15, -0.1) is 0 Å². The molecule has 1 fully saturated rings. The molecule has 134 valence electrons.